The summed E-state index contributed by atoms with van der Waals surface area (Å²) in [6.45, 7) is 6.46. The van der Waals surface area contributed by atoms with Crippen molar-refractivity contribution >= 4 is 11.8 Å². The van der Waals surface area contributed by atoms with E-state index < -0.39 is 12.2 Å². The van der Waals surface area contributed by atoms with Crippen LogP contribution in [-0.2, 0) is 14.3 Å². The van der Waals surface area contributed by atoms with Gasteiger partial charge in [0, 0.05) is 13.1 Å². The van der Waals surface area contributed by atoms with E-state index in [1.807, 2.05) is 48.5 Å². The molecule has 0 saturated carbocycles. The van der Waals surface area contributed by atoms with Crippen LogP contribution in [0.1, 0.15) is 181 Å². The number of amides is 2. The quantitative estimate of drug-likeness (QED) is 0.0911. The van der Waals surface area contributed by atoms with Crippen LogP contribution in [0, 0.1) is 0 Å². The van der Waals surface area contributed by atoms with E-state index in [-0.39, 0.29) is 24.9 Å². The Morgan fingerprint density at radius 3 is 1.07 bits per heavy atom. The highest BCUT2D eigenvalue weighted by Gasteiger charge is 2.24. The first kappa shape index (κ1) is 49.9. The molecule has 2 amide bonds. The molecule has 2 aromatic rings. The number of hydrogen-bond acceptors (Lipinski definition) is 7. The van der Waals surface area contributed by atoms with Gasteiger partial charge in [-0.25, -0.2) is 0 Å². The number of para-hydroxylation sites is 4. The lowest BCUT2D eigenvalue weighted by Gasteiger charge is -2.22. The third-order valence-corrected chi connectivity index (χ3v) is 11.2. The van der Waals surface area contributed by atoms with Crippen molar-refractivity contribution in [1.82, 2.24) is 10.6 Å². The maximum absolute atomic E-state index is 13.6. The van der Waals surface area contributed by atoms with Crippen molar-refractivity contribution in [1.29, 1.82) is 0 Å². The van der Waals surface area contributed by atoms with Gasteiger partial charge in [-0.1, -0.05) is 179 Å². The minimum Gasteiger partial charge on any atom is -0.487 e. The molecule has 0 saturated heterocycles. The lowest BCUT2D eigenvalue weighted by molar-refractivity contribution is -0.130. The second kappa shape index (κ2) is 34.3. The van der Waals surface area contributed by atoms with E-state index in [1.165, 1.54) is 116 Å². The van der Waals surface area contributed by atoms with Crippen molar-refractivity contribution in [3.63, 3.8) is 0 Å². The summed E-state index contributed by atoms with van der Waals surface area (Å²) in [5, 5.41) is 6.06. The second-order valence-electron chi connectivity index (χ2n) is 16.4. The number of unbranched alkanes of at least 4 members (excludes halogenated alkanes) is 22. The van der Waals surface area contributed by atoms with Crippen LogP contribution in [0.5, 0.6) is 23.0 Å². The molecule has 1 aliphatic heterocycles. The smallest absolute Gasteiger partial charge is 0.261 e. The summed E-state index contributed by atoms with van der Waals surface area (Å²) in [6.07, 6.45) is 29.8. The van der Waals surface area contributed by atoms with Crippen LogP contribution in [-0.4, -0.2) is 63.5 Å². The maximum Gasteiger partial charge on any atom is 0.261 e. The zero-order valence-corrected chi connectivity index (χ0v) is 37.3. The third kappa shape index (κ3) is 23.8. The van der Waals surface area contributed by atoms with Gasteiger partial charge in [-0.15, -0.1) is 0 Å². The van der Waals surface area contributed by atoms with E-state index in [0.717, 1.165) is 38.5 Å². The zero-order valence-electron chi connectivity index (χ0n) is 37.3. The SMILES string of the molecule is CCCCCCCCCCCCCCC1Oc2ccccc2OCCOCCOc2ccccc2OC(CCCCCCCCCCCCCC)C(=O)NCCNC1=O. The lowest BCUT2D eigenvalue weighted by Crippen LogP contribution is -2.44. The van der Waals surface area contributed by atoms with Gasteiger partial charge >= 0.3 is 0 Å². The molecule has 0 fully saturated rings. The molecule has 9 nitrogen and oxygen atoms in total. The Bertz CT molecular complexity index is 1240. The number of carbonyl (C=O) groups is 2. The van der Waals surface area contributed by atoms with Crippen LogP contribution in [0.15, 0.2) is 48.5 Å². The lowest BCUT2D eigenvalue weighted by atomic mass is 10.0. The molecule has 0 spiro atoms. The summed E-state index contributed by atoms with van der Waals surface area (Å²) in [5.74, 6) is 1.82. The number of carbonyl (C=O) groups excluding carboxylic acids is 2. The van der Waals surface area contributed by atoms with E-state index >= 15 is 0 Å². The predicted molar refractivity (Wildman–Crippen MR) is 241 cm³/mol. The molecule has 9 heteroatoms. The fraction of sp³-hybridized carbons (Fsp3) is 0.720. The molecule has 0 bridgehead atoms. The molecular formula is C50H82N2O7. The Hall–Kier alpha value is -3.46. The Morgan fingerprint density at radius 1 is 0.424 bits per heavy atom. The van der Waals surface area contributed by atoms with Gasteiger partial charge in [-0.05, 0) is 49.9 Å². The first-order valence-corrected chi connectivity index (χ1v) is 24.0. The predicted octanol–water partition coefficient (Wildman–Crippen LogP) is 12.1. The molecule has 1 aliphatic rings. The Kier molecular flexibility index (Phi) is 29.0. The van der Waals surface area contributed by atoms with Gasteiger partial charge in [0.05, 0.1) is 13.2 Å². The van der Waals surface area contributed by atoms with Crippen molar-refractivity contribution in [3.8, 4) is 23.0 Å². The normalized spacial score (nSPS) is 17.1. The van der Waals surface area contributed by atoms with Crippen molar-refractivity contribution in [3.05, 3.63) is 48.5 Å². The fourth-order valence-electron chi connectivity index (χ4n) is 7.59. The molecule has 59 heavy (non-hydrogen) atoms. The van der Waals surface area contributed by atoms with E-state index in [1.54, 1.807) is 0 Å². The first-order chi connectivity index (χ1) is 29.1. The van der Waals surface area contributed by atoms with Crippen LogP contribution in [0.25, 0.3) is 0 Å². The average Bonchev–Trinajstić information content (AvgIpc) is 3.25. The maximum atomic E-state index is 13.6. The monoisotopic (exact) mass is 823 g/mol. The van der Waals surface area contributed by atoms with Gasteiger partial charge in [0.25, 0.3) is 11.8 Å². The topological polar surface area (TPSA) is 104 Å². The number of benzene rings is 2. The van der Waals surface area contributed by atoms with Crippen LogP contribution >= 0.6 is 0 Å². The highest BCUT2D eigenvalue weighted by molar-refractivity contribution is 5.82. The average molecular weight is 823 g/mol. The van der Waals surface area contributed by atoms with E-state index in [0.29, 0.717) is 62.3 Å². The summed E-state index contributed by atoms with van der Waals surface area (Å²) in [4.78, 5) is 27.3. The number of ether oxygens (including phenoxy) is 5. The molecule has 3 rings (SSSR count). The first-order valence-electron chi connectivity index (χ1n) is 24.0. The molecule has 0 radical (unpaired) electrons. The van der Waals surface area contributed by atoms with Crippen LogP contribution in [0.3, 0.4) is 0 Å². The van der Waals surface area contributed by atoms with Crippen LogP contribution in [0.4, 0.5) is 0 Å². The van der Waals surface area contributed by atoms with Crippen molar-refractivity contribution in [2.24, 2.45) is 0 Å². The number of nitrogens with one attached hydrogen (secondary N) is 2. The van der Waals surface area contributed by atoms with E-state index in [4.69, 9.17) is 23.7 Å². The summed E-state index contributed by atoms with van der Waals surface area (Å²) in [6, 6.07) is 15.0. The van der Waals surface area contributed by atoms with Gasteiger partial charge in [-0.3, -0.25) is 9.59 Å². The largest absolute Gasteiger partial charge is 0.487 e. The number of hydrogen-bond donors (Lipinski definition) is 2. The van der Waals surface area contributed by atoms with E-state index in [9.17, 15) is 9.59 Å². The van der Waals surface area contributed by atoms with Gasteiger partial charge in [0.2, 0.25) is 0 Å². The Balaban J connectivity index is 1.55. The highest BCUT2D eigenvalue weighted by Crippen LogP contribution is 2.30. The molecule has 0 aliphatic carbocycles. The number of fused-ring (bicyclic) bond motifs is 2. The van der Waals surface area contributed by atoms with Crippen molar-refractivity contribution in [2.45, 2.75) is 193 Å². The minimum absolute atomic E-state index is 0.193. The fourth-order valence-corrected chi connectivity index (χ4v) is 7.59. The Morgan fingerprint density at radius 2 is 0.729 bits per heavy atom. The van der Waals surface area contributed by atoms with Gasteiger partial charge in [0.1, 0.15) is 13.2 Å². The molecule has 0 aromatic heterocycles. The molecular weight excluding hydrogens is 741 g/mol. The summed E-state index contributed by atoms with van der Waals surface area (Å²) in [5.41, 5.74) is 0. The summed E-state index contributed by atoms with van der Waals surface area (Å²) in [7, 11) is 0. The zero-order chi connectivity index (χ0) is 41.9. The van der Waals surface area contributed by atoms with Crippen LogP contribution < -0.4 is 29.6 Å². The molecule has 1 heterocycles. The molecule has 2 aromatic carbocycles. The Labute approximate surface area is 358 Å². The third-order valence-electron chi connectivity index (χ3n) is 11.2. The van der Waals surface area contributed by atoms with Gasteiger partial charge in [0.15, 0.2) is 35.2 Å². The van der Waals surface area contributed by atoms with Gasteiger partial charge in [-0.2, -0.15) is 0 Å². The summed E-state index contributed by atoms with van der Waals surface area (Å²) >= 11 is 0. The number of rotatable bonds is 26. The molecule has 334 valence electrons. The molecule has 2 unspecified atom stereocenters. The summed E-state index contributed by atoms with van der Waals surface area (Å²) < 4.78 is 30.7. The highest BCUT2D eigenvalue weighted by atomic mass is 16.6. The second-order valence-corrected chi connectivity index (χ2v) is 16.4. The van der Waals surface area contributed by atoms with Crippen molar-refractivity contribution in [2.75, 3.05) is 39.5 Å². The van der Waals surface area contributed by atoms with Crippen molar-refractivity contribution < 1.29 is 33.3 Å². The standard InChI is InChI=1S/C50H82N2O7/c1-3-5-7-9-11-13-15-17-19-21-23-25-35-47-49(53)51-37-38-52-50(54)48(36-26-24-22-20-18-16-14-12-10-8-6-4-2)59-46-34-30-28-32-44(46)57-42-40-55-39-41-56-43-31-27-29-33-45(43)58-47/h27-34,47-48H,3-26,35-42H2,1-2H3,(H,51,53)(H,52,54). The van der Waals surface area contributed by atoms with E-state index in [2.05, 4.69) is 24.5 Å². The molecule has 2 N–H and O–H groups in total. The van der Waals surface area contributed by atoms with Gasteiger partial charge < -0.3 is 34.3 Å². The minimum atomic E-state index is -0.681. The van der Waals surface area contributed by atoms with Crippen LogP contribution in [0.2, 0.25) is 0 Å². The molecule has 2 atom stereocenters.